The normalized spacial score (nSPS) is 11.2. The van der Waals surface area contributed by atoms with Crippen molar-refractivity contribution in [2.24, 2.45) is 0 Å². The Bertz CT molecular complexity index is 228. The summed E-state index contributed by atoms with van der Waals surface area (Å²) in [5.41, 5.74) is 1.48. The van der Waals surface area contributed by atoms with E-state index < -0.39 is 0 Å². The average Bonchev–Trinajstić information content (AvgIpc) is 2.52. The molecule has 0 amide bonds. The van der Waals surface area contributed by atoms with E-state index in [1.807, 2.05) is 0 Å². The molecule has 1 unspecified atom stereocenters. The Morgan fingerprint density at radius 3 is 2.62 bits per heavy atom. The molecule has 0 aromatic carbocycles. The predicted octanol–water partition coefficient (Wildman–Crippen LogP) is 4.27. The SMILES string of the molecule is CCCCCCCc1cc[pH]c1[P]. The highest BCUT2D eigenvalue weighted by molar-refractivity contribution is 7.51. The maximum atomic E-state index is 4.46. The van der Waals surface area contributed by atoms with Crippen LogP contribution < -0.4 is 5.04 Å². The van der Waals surface area contributed by atoms with Crippen LogP contribution in [0.5, 0.6) is 0 Å². The van der Waals surface area contributed by atoms with Crippen LogP contribution in [0.1, 0.15) is 44.6 Å². The summed E-state index contributed by atoms with van der Waals surface area (Å²) in [7, 11) is 5.30. The molecule has 0 aliphatic heterocycles. The molecule has 0 spiro atoms. The molecule has 13 heavy (non-hydrogen) atoms. The molecule has 0 nitrogen and oxygen atoms in total. The second-order valence-electron chi connectivity index (χ2n) is 3.52. The lowest BCUT2D eigenvalue weighted by Crippen LogP contribution is -1.93. The molecular weight excluding hydrogens is 194 g/mol. The van der Waals surface area contributed by atoms with E-state index in [2.05, 4.69) is 28.0 Å². The van der Waals surface area contributed by atoms with Crippen LogP contribution in [0.15, 0.2) is 11.9 Å². The van der Waals surface area contributed by atoms with E-state index in [1.54, 1.807) is 0 Å². The van der Waals surface area contributed by atoms with Crippen molar-refractivity contribution in [3.63, 3.8) is 0 Å². The third-order valence-corrected chi connectivity index (χ3v) is 3.96. The van der Waals surface area contributed by atoms with Crippen molar-refractivity contribution >= 4 is 22.5 Å². The van der Waals surface area contributed by atoms with Crippen molar-refractivity contribution in [1.29, 1.82) is 0 Å². The van der Waals surface area contributed by atoms with Gasteiger partial charge in [-0.2, -0.15) is 0 Å². The Balaban J connectivity index is 2.10. The van der Waals surface area contributed by atoms with Gasteiger partial charge in [0.15, 0.2) is 0 Å². The second-order valence-corrected chi connectivity index (χ2v) is 5.51. The molecule has 72 valence electrons. The van der Waals surface area contributed by atoms with Crippen LogP contribution in [0.3, 0.4) is 0 Å². The van der Waals surface area contributed by atoms with Gasteiger partial charge in [-0.05, 0) is 33.4 Å². The van der Waals surface area contributed by atoms with Crippen LogP contribution >= 0.6 is 17.4 Å². The van der Waals surface area contributed by atoms with Gasteiger partial charge in [0.1, 0.15) is 0 Å². The maximum Gasteiger partial charge on any atom is 0.00548 e. The minimum Gasteiger partial charge on any atom is -0.131 e. The first-order valence-corrected chi connectivity index (χ1v) is 6.72. The number of hydrogen-bond donors (Lipinski definition) is 0. The monoisotopic (exact) mass is 212 g/mol. The maximum absolute atomic E-state index is 4.46. The molecule has 0 aliphatic carbocycles. The van der Waals surface area contributed by atoms with Crippen molar-refractivity contribution in [1.82, 2.24) is 0 Å². The highest BCUT2D eigenvalue weighted by atomic mass is 31.1. The zero-order valence-corrected chi connectivity index (χ0v) is 10.2. The van der Waals surface area contributed by atoms with Crippen LogP contribution in [-0.2, 0) is 6.42 Å². The van der Waals surface area contributed by atoms with Gasteiger partial charge in [-0.15, -0.1) is 8.19 Å². The van der Waals surface area contributed by atoms with Gasteiger partial charge in [0.25, 0.3) is 0 Å². The van der Waals surface area contributed by atoms with Gasteiger partial charge < -0.3 is 0 Å². The van der Waals surface area contributed by atoms with E-state index in [9.17, 15) is 0 Å². The fraction of sp³-hybridized carbons (Fsp3) is 0.636. The molecular formula is C11H18P2. The smallest absolute Gasteiger partial charge is 0.00548 e. The molecule has 0 aliphatic rings. The summed E-state index contributed by atoms with van der Waals surface area (Å²) >= 11 is 0. The number of hydrogen-bond acceptors (Lipinski definition) is 0. The van der Waals surface area contributed by atoms with E-state index in [4.69, 9.17) is 0 Å². The summed E-state index contributed by atoms with van der Waals surface area (Å²) in [5.74, 6) is 2.24. The van der Waals surface area contributed by atoms with Crippen LogP contribution in [0.25, 0.3) is 0 Å². The Morgan fingerprint density at radius 1 is 1.23 bits per heavy atom. The van der Waals surface area contributed by atoms with E-state index in [-0.39, 0.29) is 0 Å². The first-order valence-electron chi connectivity index (χ1n) is 5.19. The first kappa shape index (κ1) is 11.3. The Labute approximate surface area is 85.8 Å². The van der Waals surface area contributed by atoms with Gasteiger partial charge in [0.2, 0.25) is 0 Å². The molecule has 0 bridgehead atoms. The standard InChI is InChI=1S/C11H18P2/c1-2-3-4-5-6-7-10-8-9-13-11(10)12/h8-9,13H,2-7H2,1H3. The first-order chi connectivity index (χ1) is 6.34. The lowest BCUT2D eigenvalue weighted by Gasteiger charge is -1.99. The summed E-state index contributed by atoms with van der Waals surface area (Å²) in [6, 6.07) is 2.25. The average molecular weight is 212 g/mol. The third kappa shape index (κ3) is 4.30. The van der Waals surface area contributed by atoms with Crippen LogP contribution in [0, 0.1) is 0 Å². The van der Waals surface area contributed by atoms with Crippen LogP contribution in [0.4, 0.5) is 0 Å². The summed E-state index contributed by atoms with van der Waals surface area (Å²) in [5, 5.41) is 1.32. The largest absolute Gasteiger partial charge is 0.131 e. The summed E-state index contributed by atoms with van der Waals surface area (Å²) < 4.78 is 0. The van der Waals surface area contributed by atoms with Crippen molar-refractivity contribution in [2.45, 2.75) is 45.4 Å². The zero-order chi connectivity index (χ0) is 9.52. The summed E-state index contributed by atoms with van der Waals surface area (Å²) in [6.45, 7) is 2.26. The van der Waals surface area contributed by atoms with E-state index in [1.165, 1.54) is 49.1 Å². The van der Waals surface area contributed by atoms with E-state index in [0.717, 1.165) is 8.19 Å². The Kier molecular flexibility index (Phi) is 5.76. The number of aryl methyl sites for hydroxylation is 1. The Hall–Kier alpha value is 0.210. The zero-order valence-electron chi connectivity index (χ0n) is 8.34. The third-order valence-electron chi connectivity index (χ3n) is 2.36. The minimum absolute atomic E-state index is 0.838. The van der Waals surface area contributed by atoms with Gasteiger partial charge in [-0.1, -0.05) is 38.7 Å². The van der Waals surface area contributed by atoms with E-state index >= 15 is 0 Å². The van der Waals surface area contributed by atoms with Gasteiger partial charge in [0.05, 0.1) is 0 Å². The molecule has 0 fully saturated rings. The fourth-order valence-corrected chi connectivity index (χ4v) is 2.76. The quantitative estimate of drug-likeness (QED) is 0.488. The summed E-state index contributed by atoms with van der Waals surface area (Å²) in [4.78, 5) is 0. The minimum atomic E-state index is 0.838. The van der Waals surface area contributed by atoms with Crippen LogP contribution in [0.2, 0.25) is 0 Å². The van der Waals surface area contributed by atoms with Crippen molar-refractivity contribution in [3.05, 3.63) is 17.4 Å². The lowest BCUT2D eigenvalue weighted by atomic mass is 10.1. The molecule has 0 saturated heterocycles. The van der Waals surface area contributed by atoms with Gasteiger partial charge in [0, 0.05) is 5.04 Å². The summed E-state index contributed by atoms with van der Waals surface area (Å²) in [6.07, 6.45) is 8.10. The molecule has 2 heteroatoms. The van der Waals surface area contributed by atoms with Crippen LogP contribution in [-0.4, -0.2) is 0 Å². The molecule has 1 atom stereocenters. The fourth-order valence-electron chi connectivity index (χ4n) is 1.51. The molecule has 1 aromatic heterocycles. The molecule has 2 radical (unpaired) electrons. The van der Waals surface area contributed by atoms with E-state index in [0.29, 0.717) is 0 Å². The lowest BCUT2D eigenvalue weighted by molar-refractivity contribution is 0.633. The number of rotatable bonds is 6. The van der Waals surface area contributed by atoms with Crippen molar-refractivity contribution in [2.75, 3.05) is 0 Å². The molecule has 1 rings (SSSR count). The van der Waals surface area contributed by atoms with Gasteiger partial charge >= 0.3 is 0 Å². The van der Waals surface area contributed by atoms with Gasteiger partial charge in [-0.3, -0.25) is 0 Å². The molecule has 1 aromatic rings. The molecule has 1 heterocycles. The Morgan fingerprint density at radius 2 is 2.00 bits per heavy atom. The highest BCUT2D eigenvalue weighted by Crippen LogP contribution is 2.15. The second kappa shape index (κ2) is 6.63. The van der Waals surface area contributed by atoms with Gasteiger partial charge in [-0.25, -0.2) is 0 Å². The number of unbranched alkanes of at least 4 members (excludes halogenated alkanes) is 4. The topological polar surface area (TPSA) is 0 Å². The highest BCUT2D eigenvalue weighted by Gasteiger charge is 1.98. The molecule has 0 N–H and O–H groups in total. The predicted molar refractivity (Wildman–Crippen MR) is 65.0 cm³/mol. The van der Waals surface area contributed by atoms with Crippen molar-refractivity contribution in [3.8, 4) is 0 Å². The molecule has 0 saturated carbocycles. The van der Waals surface area contributed by atoms with Crippen molar-refractivity contribution < 1.29 is 0 Å².